The summed E-state index contributed by atoms with van der Waals surface area (Å²) < 4.78 is 0. The normalized spacial score (nSPS) is 13.1. The van der Waals surface area contributed by atoms with Crippen LogP contribution in [0.15, 0.2) is 0 Å². The standard InChI is InChI=1S/C6H16B2O/c1-6(7)4-2-3-5-8-9/h6,8-9H,2-5,7H2,1H3. The summed E-state index contributed by atoms with van der Waals surface area (Å²) in [4.78, 5) is 0. The van der Waals surface area contributed by atoms with Gasteiger partial charge in [0.2, 0.25) is 0 Å². The van der Waals surface area contributed by atoms with Crippen molar-refractivity contribution in [2.24, 2.45) is 0 Å². The molecule has 0 aromatic carbocycles. The minimum atomic E-state index is 0.359. The highest BCUT2D eigenvalue weighted by atomic mass is 16.2. The Bertz CT molecular complexity index is 57.0. The predicted molar refractivity (Wildman–Crippen MR) is 46.0 cm³/mol. The summed E-state index contributed by atoms with van der Waals surface area (Å²) in [5.41, 5.74) is 0. The molecule has 1 unspecified atom stereocenters. The van der Waals surface area contributed by atoms with Crippen molar-refractivity contribution in [2.45, 2.75) is 38.3 Å². The molecule has 0 aromatic heterocycles. The van der Waals surface area contributed by atoms with Crippen LogP contribution in [-0.2, 0) is 0 Å². The Kier molecular flexibility index (Phi) is 6.28. The summed E-state index contributed by atoms with van der Waals surface area (Å²) >= 11 is 0. The van der Waals surface area contributed by atoms with E-state index in [0.29, 0.717) is 7.48 Å². The lowest BCUT2D eigenvalue weighted by Crippen LogP contribution is -1.89. The highest BCUT2D eigenvalue weighted by Gasteiger charge is 1.93. The molecule has 0 bridgehead atoms. The van der Waals surface area contributed by atoms with E-state index in [1.54, 1.807) is 0 Å². The van der Waals surface area contributed by atoms with Crippen molar-refractivity contribution in [3.05, 3.63) is 0 Å². The molecule has 0 aliphatic carbocycles. The monoisotopic (exact) mass is 126 g/mol. The summed E-state index contributed by atoms with van der Waals surface area (Å²) in [5, 5.41) is 8.43. The van der Waals surface area contributed by atoms with Crippen LogP contribution in [0.2, 0.25) is 12.1 Å². The van der Waals surface area contributed by atoms with E-state index in [4.69, 9.17) is 5.02 Å². The van der Waals surface area contributed by atoms with E-state index < -0.39 is 0 Å². The Morgan fingerprint density at radius 2 is 2.22 bits per heavy atom. The molecule has 0 heterocycles. The first kappa shape index (κ1) is 9.09. The Balaban J connectivity index is 2.75. The van der Waals surface area contributed by atoms with Crippen molar-refractivity contribution < 1.29 is 5.02 Å². The largest absolute Gasteiger partial charge is 0.454 e. The van der Waals surface area contributed by atoms with Gasteiger partial charge in [0.25, 0.3) is 7.48 Å². The average molecular weight is 126 g/mol. The van der Waals surface area contributed by atoms with Crippen LogP contribution in [0.4, 0.5) is 0 Å². The van der Waals surface area contributed by atoms with Crippen molar-refractivity contribution in [3.63, 3.8) is 0 Å². The molecule has 0 spiro atoms. The predicted octanol–water partition coefficient (Wildman–Crippen LogP) is 0.360. The van der Waals surface area contributed by atoms with Crippen molar-refractivity contribution >= 4 is 15.3 Å². The second kappa shape index (κ2) is 6.21. The minimum Gasteiger partial charge on any atom is -0.454 e. The van der Waals surface area contributed by atoms with Crippen LogP contribution in [0.5, 0.6) is 0 Å². The molecule has 1 N–H and O–H groups in total. The van der Waals surface area contributed by atoms with E-state index in [2.05, 4.69) is 14.8 Å². The zero-order chi connectivity index (χ0) is 7.11. The van der Waals surface area contributed by atoms with Gasteiger partial charge in [-0.3, -0.25) is 0 Å². The smallest absolute Gasteiger partial charge is 0.270 e. The third-order valence-electron chi connectivity index (χ3n) is 1.44. The van der Waals surface area contributed by atoms with Gasteiger partial charge < -0.3 is 5.02 Å². The Morgan fingerprint density at radius 3 is 2.67 bits per heavy atom. The fourth-order valence-electron chi connectivity index (χ4n) is 0.841. The molecule has 0 aliphatic rings. The van der Waals surface area contributed by atoms with Gasteiger partial charge in [-0.05, 0) is 0 Å². The molecule has 0 amide bonds. The quantitative estimate of drug-likeness (QED) is 0.416. The van der Waals surface area contributed by atoms with Crippen LogP contribution in [0.25, 0.3) is 0 Å². The summed E-state index contributed by atoms with van der Waals surface area (Å²) in [5.74, 6) is 0.823. The lowest BCUT2D eigenvalue weighted by molar-refractivity contribution is 0.589. The van der Waals surface area contributed by atoms with Crippen LogP contribution in [-0.4, -0.2) is 20.4 Å². The fraction of sp³-hybridized carbons (Fsp3) is 1.00. The molecule has 9 heavy (non-hydrogen) atoms. The van der Waals surface area contributed by atoms with Crippen LogP contribution >= 0.6 is 0 Å². The third kappa shape index (κ3) is 8.09. The Hall–Kier alpha value is 0.0899. The summed E-state index contributed by atoms with van der Waals surface area (Å²) in [7, 11) is 2.59. The Labute approximate surface area is 59.5 Å². The van der Waals surface area contributed by atoms with Crippen molar-refractivity contribution in [1.82, 2.24) is 0 Å². The highest BCUT2D eigenvalue weighted by Crippen LogP contribution is 2.09. The van der Waals surface area contributed by atoms with Crippen LogP contribution in [0.1, 0.15) is 26.2 Å². The van der Waals surface area contributed by atoms with Crippen LogP contribution in [0.3, 0.4) is 0 Å². The number of unbranched alkanes of at least 4 members (excludes halogenated alkanes) is 1. The molecule has 3 heteroatoms. The second-order valence-corrected chi connectivity index (χ2v) is 2.97. The molecule has 52 valence electrons. The number of hydrogen-bond donors (Lipinski definition) is 1. The lowest BCUT2D eigenvalue weighted by atomic mass is 9.83. The number of rotatable bonds is 5. The molecule has 0 rings (SSSR count). The zero-order valence-electron chi connectivity index (χ0n) is 6.56. The van der Waals surface area contributed by atoms with E-state index in [1.807, 2.05) is 0 Å². The summed E-state index contributed by atoms with van der Waals surface area (Å²) in [6.07, 6.45) is 4.75. The summed E-state index contributed by atoms with van der Waals surface area (Å²) in [6, 6.07) is 0. The van der Waals surface area contributed by atoms with Gasteiger partial charge in [-0.25, -0.2) is 0 Å². The van der Waals surface area contributed by atoms with Gasteiger partial charge in [0.1, 0.15) is 7.85 Å². The zero-order valence-corrected chi connectivity index (χ0v) is 6.56. The van der Waals surface area contributed by atoms with Gasteiger partial charge in [-0.15, -0.1) is 0 Å². The van der Waals surface area contributed by atoms with E-state index in [1.165, 1.54) is 19.3 Å². The van der Waals surface area contributed by atoms with E-state index in [-0.39, 0.29) is 0 Å². The third-order valence-corrected chi connectivity index (χ3v) is 1.44. The van der Waals surface area contributed by atoms with E-state index in [9.17, 15) is 0 Å². The molecular weight excluding hydrogens is 110 g/mol. The summed E-state index contributed by atoms with van der Waals surface area (Å²) in [6.45, 7) is 2.24. The first-order valence-corrected chi connectivity index (χ1v) is 3.88. The SMILES string of the molecule is BC(C)CCCCBO. The van der Waals surface area contributed by atoms with Crippen LogP contribution in [0, 0.1) is 0 Å². The van der Waals surface area contributed by atoms with Crippen LogP contribution < -0.4 is 0 Å². The molecule has 0 radical (unpaired) electrons. The maximum Gasteiger partial charge on any atom is 0.270 e. The van der Waals surface area contributed by atoms with Gasteiger partial charge >= 0.3 is 0 Å². The first-order valence-electron chi connectivity index (χ1n) is 3.88. The molecule has 0 saturated heterocycles. The Morgan fingerprint density at radius 1 is 1.56 bits per heavy atom. The molecule has 1 atom stereocenters. The van der Waals surface area contributed by atoms with Gasteiger partial charge in [-0.2, -0.15) is 0 Å². The topological polar surface area (TPSA) is 20.2 Å². The van der Waals surface area contributed by atoms with Gasteiger partial charge in [0.05, 0.1) is 0 Å². The van der Waals surface area contributed by atoms with E-state index >= 15 is 0 Å². The maximum absolute atomic E-state index is 8.43. The average Bonchev–Trinajstić information content (AvgIpc) is 1.80. The maximum atomic E-state index is 8.43. The molecule has 0 aliphatic heterocycles. The van der Waals surface area contributed by atoms with Crippen molar-refractivity contribution in [2.75, 3.05) is 0 Å². The molecule has 1 nitrogen and oxygen atoms in total. The molecule has 0 saturated carbocycles. The van der Waals surface area contributed by atoms with Gasteiger partial charge in [0, 0.05) is 0 Å². The van der Waals surface area contributed by atoms with Gasteiger partial charge in [0.15, 0.2) is 0 Å². The fourth-order valence-corrected chi connectivity index (χ4v) is 0.841. The second-order valence-electron chi connectivity index (χ2n) is 2.97. The van der Waals surface area contributed by atoms with Gasteiger partial charge in [-0.1, -0.05) is 38.3 Å². The first-order chi connectivity index (χ1) is 4.27. The number of hydrogen-bond acceptors (Lipinski definition) is 1. The molecular formula is C6H16B2O. The van der Waals surface area contributed by atoms with Crippen molar-refractivity contribution in [3.8, 4) is 0 Å². The lowest BCUT2D eigenvalue weighted by Gasteiger charge is -2.01. The van der Waals surface area contributed by atoms with Crippen molar-refractivity contribution in [1.29, 1.82) is 0 Å². The molecule has 0 aromatic rings. The minimum absolute atomic E-state index is 0.359. The highest BCUT2D eigenvalue weighted by molar-refractivity contribution is 6.25. The van der Waals surface area contributed by atoms with E-state index in [0.717, 1.165) is 12.1 Å². The molecule has 0 fully saturated rings.